The summed E-state index contributed by atoms with van der Waals surface area (Å²) in [6, 6.07) is 3.87. The standard InChI is InChI=1S/C23H34F2N6O/c1-26-23(28-19-7-9-31(16-19)21-6-5-18(24)15-20(21)25)27-8-10-29-11-13-30(14-12-29)22(32)17-3-2-4-17/h5-6,15,17,19H,2-4,7-14,16H2,1H3,(H2,26,27,28). The zero-order valence-electron chi connectivity index (χ0n) is 18.8. The topological polar surface area (TPSA) is 63.2 Å². The number of anilines is 1. The summed E-state index contributed by atoms with van der Waals surface area (Å²) in [4.78, 5) is 23.0. The lowest BCUT2D eigenvalue weighted by atomic mass is 9.84. The lowest BCUT2D eigenvalue weighted by Crippen LogP contribution is -2.53. The van der Waals surface area contributed by atoms with Gasteiger partial charge in [0.1, 0.15) is 11.6 Å². The van der Waals surface area contributed by atoms with Crippen LogP contribution in [0.2, 0.25) is 0 Å². The second kappa shape index (κ2) is 10.5. The van der Waals surface area contributed by atoms with E-state index in [0.717, 1.165) is 70.6 Å². The Bertz CT molecular complexity index is 823. The van der Waals surface area contributed by atoms with Crippen LogP contribution < -0.4 is 15.5 Å². The number of piperazine rings is 1. The molecule has 0 spiro atoms. The number of guanidine groups is 1. The van der Waals surface area contributed by atoms with Gasteiger partial charge in [-0.25, -0.2) is 8.78 Å². The lowest BCUT2D eigenvalue weighted by Gasteiger charge is -2.38. The molecule has 2 heterocycles. The van der Waals surface area contributed by atoms with Gasteiger partial charge in [0.2, 0.25) is 5.91 Å². The van der Waals surface area contributed by atoms with Crippen LogP contribution >= 0.6 is 0 Å². The second-order valence-electron chi connectivity index (χ2n) is 8.97. The largest absolute Gasteiger partial charge is 0.367 e. The van der Waals surface area contributed by atoms with E-state index in [0.29, 0.717) is 24.7 Å². The Balaban J connectivity index is 1.15. The molecular formula is C23H34F2N6O. The number of hydrogen-bond donors (Lipinski definition) is 2. The van der Waals surface area contributed by atoms with Gasteiger partial charge in [0.05, 0.1) is 5.69 Å². The molecule has 0 aromatic heterocycles. The number of hydrogen-bond acceptors (Lipinski definition) is 4. The van der Waals surface area contributed by atoms with E-state index in [4.69, 9.17) is 0 Å². The van der Waals surface area contributed by atoms with E-state index in [1.807, 2.05) is 9.80 Å². The molecule has 1 amide bonds. The van der Waals surface area contributed by atoms with Gasteiger partial charge >= 0.3 is 0 Å². The SMILES string of the molecule is CN=C(NCCN1CCN(C(=O)C2CCC2)CC1)NC1CCN(c2ccc(F)cc2F)C1. The Morgan fingerprint density at radius 3 is 2.56 bits per heavy atom. The van der Waals surface area contributed by atoms with Crippen molar-refractivity contribution in [2.45, 2.75) is 31.7 Å². The molecule has 9 heteroatoms. The Hall–Kier alpha value is -2.42. The van der Waals surface area contributed by atoms with Gasteiger partial charge in [-0.05, 0) is 31.4 Å². The smallest absolute Gasteiger partial charge is 0.225 e. The summed E-state index contributed by atoms with van der Waals surface area (Å²) >= 11 is 0. The molecule has 32 heavy (non-hydrogen) atoms. The number of carbonyl (C=O) groups excluding carboxylic acids is 1. The number of benzene rings is 1. The van der Waals surface area contributed by atoms with Gasteiger partial charge in [-0.1, -0.05) is 6.42 Å². The minimum absolute atomic E-state index is 0.145. The van der Waals surface area contributed by atoms with Crippen molar-refractivity contribution in [2.24, 2.45) is 10.9 Å². The third kappa shape index (κ3) is 5.49. The van der Waals surface area contributed by atoms with E-state index in [1.165, 1.54) is 18.6 Å². The Morgan fingerprint density at radius 2 is 1.91 bits per heavy atom. The lowest BCUT2D eigenvalue weighted by molar-refractivity contribution is -0.139. The molecule has 1 unspecified atom stereocenters. The Labute approximate surface area is 188 Å². The number of rotatable bonds is 6. The van der Waals surface area contributed by atoms with Crippen LogP contribution in [0, 0.1) is 17.6 Å². The van der Waals surface area contributed by atoms with E-state index in [-0.39, 0.29) is 12.0 Å². The molecule has 1 saturated carbocycles. The van der Waals surface area contributed by atoms with Gasteiger partial charge < -0.3 is 20.4 Å². The highest BCUT2D eigenvalue weighted by Crippen LogP contribution is 2.28. The molecule has 1 aliphatic carbocycles. The van der Waals surface area contributed by atoms with E-state index >= 15 is 0 Å². The van der Waals surface area contributed by atoms with Gasteiger partial charge in [0.15, 0.2) is 5.96 Å². The maximum atomic E-state index is 14.1. The average molecular weight is 449 g/mol. The van der Waals surface area contributed by atoms with Gasteiger partial charge in [-0.2, -0.15) is 0 Å². The summed E-state index contributed by atoms with van der Waals surface area (Å²) in [7, 11) is 1.74. The van der Waals surface area contributed by atoms with Crippen LogP contribution in [0.15, 0.2) is 23.2 Å². The van der Waals surface area contributed by atoms with Gasteiger partial charge in [0, 0.05) is 77.4 Å². The van der Waals surface area contributed by atoms with Crippen molar-refractivity contribution in [3.05, 3.63) is 29.8 Å². The molecule has 1 aromatic rings. The van der Waals surface area contributed by atoms with E-state index in [2.05, 4.69) is 20.5 Å². The fraction of sp³-hybridized carbons (Fsp3) is 0.652. The number of halogens is 2. The first-order valence-electron chi connectivity index (χ1n) is 11.7. The molecule has 3 fully saturated rings. The monoisotopic (exact) mass is 448 g/mol. The minimum Gasteiger partial charge on any atom is -0.367 e. The van der Waals surface area contributed by atoms with E-state index in [9.17, 15) is 13.6 Å². The van der Waals surface area contributed by atoms with Crippen LogP contribution in [-0.2, 0) is 4.79 Å². The molecule has 2 saturated heterocycles. The first kappa shape index (κ1) is 22.8. The predicted octanol–water partition coefficient (Wildman–Crippen LogP) is 1.65. The Morgan fingerprint density at radius 1 is 1.12 bits per heavy atom. The van der Waals surface area contributed by atoms with Crippen molar-refractivity contribution in [1.29, 1.82) is 0 Å². The molecule has 0 radical (unpaired) electrons. The first-order valence-corrected chi connectivity index (χ1v) is 11.7. The Kier molecular flexibility index (Phi) is 7.44. The molecule has 176 valence electrons. The molecule has 1 atom stereocenters. The highest BCUT2D eigenvalue weighted by Gasteiger charge is 2.31. The minimum atomic E-state index is -0.559. The van der Waals surface area contributed by atoms with E-state index < -0.39 is 11.6 Å². The van der Waals surface area contributed by atoms with Crippen molar-refractivity contribution < 1.29 is 13.6 Å². The average Bonchev–Trinajstić information content (AvgIpc) is 3.20. The normalized spacial score (nSPS) is 22.7. The maximum absolute atomic E-state index is 14.1. The van der Waals surface area contributed by atoms with Gasteiger partial charge in [-0.3, -0.25) is 14.7 Å². The van der Waals surface area contributed by atoms with Crippen molar-refractivity contribution in [3.63, 3.8) is 0 Å². The molecular weight excluding hydrogens is 414 g/mol. The molecule has 4 rings (SSSR count). The highest BCUT2D eigenvalue weighted by molar-refractivity contribution is 5.80. The summed E-state index contributed by atoms with van der Waals surface area (Å²) in [5.74, 6) is 0.280. The number of nitrogens with zero attached hydrogens (tertiary/aromatic N) is 4. The number of carbonyl (C=O) groups is 1. The molecule has 2 aliphatic heterocycles. The van der Waals surface area contributed by atoms with Crippen molar-refractivity contribution >= 4 is 17.6 Å². The van der Waals surface area contributed by atoms with Crippen molar-refractivity contribution in [2.75, 3.05) is 64.3 Å². The number of aliphatic imine (C=N–C) groups is 1. The highest BCUT2D eigenvalue weighted by atomic mass is 19.1. The third-order valence-corrected chi connectivity index (χ3v) is 6.86. The maximum Gasteiger partial charge on any atom is 0.225 e. The predicted molar refractivity (Wildman–Crippen MR) is 122 cm³/mol. The summed E-state index contributed by atoms with van der Waals surface area (Å²) in [5, 5.41) is 6.77. The summed E-state index contributed by atoms with van der Waals surface area (Å²) < 4.78 is 27.2. The van der Waals surface area contributed by atoms with Crippen molar-refractivity contribution in [3.8, 4) is 0 Å². The molecule has 7 nitrogen and oxygen atoms in total. The molecule has 2 N–H and O–H groups in total. The van der Waals surface area contributed by atoms with Gasteiger partial charge in [-0.15, -0.1) is 0 Å². The zero-order chi connectivity index (χ0) is 22.5. The molecule has 3 aliphatic rings. The fourth-order valence-electron chi connectivity index (χ4n) is 4.66. The quantitative estimate of drug-likeness (QED) is 0.512. The van der Waals surface area contributed by atoms with Crippen LogP contribution in [0.4, 0.5) is 14.5 Å². The summed E-state index contributed by atoms with van der Waals surface area (Å²) in [5.41, 5.74) is 0.438. The van der Waals surface area contributed by atoms with Crippen LogP contribution in [0.3, 0.4) is 0 Å². The van der Waals surface area contributed by atoms with Crippen LogP contribution in [0.5, 0.6) is 0 Å². The van der Waals surface area contributed by atoms with Crippen molar-refractivity contribution in [1.82, 2.24) is 20.4 Å². The summed E-state index contributed by atoms with van der Waals surface area (Å²) in [6.45, 7) is 6.46. The first-order chi connectivity index (χ1) is 15.5. The third-order valence-electron chi connectivity index (χ3n) is 6.86. The van der Waals surface area contributed by atoms with Crippen LogP contribution in [-0.4, -0.2) is 87.1 Å². The zero-order valence-corrected chi connectivity index (χ0v) is 18.8. The van der Waals surface area contributed by atoms with Gasteiger partial charge in [0.25, 0.3) is 0 Å². The second-order valence-corrected chi connectivity index (χ2v) is 8.97. The number of amides is 1. The number of nitrogens with one attached hydrogen (secondary N) is 2. The van der Waals surface area contributed by atoms with Crippen LogP contribution in [0.25, 0.3) is 0 Å². The van der Waals surface area contributed by atoms with E-state index in [1.54, 1.807) is 7.05 Å². The molecule has 1 aromatic carbocycles. The summed E-state index contributed by atoms with van der Waals surface area (Å²) in [6.07, 6.45) is 4.17. The fourth-order valence-corrected chi connectivity index (χ4v) is 4.66. The van der Waals surface area contributed by atoms with Crippen LogP contribution in [0.1, 0.15) is 25.7 Å². The molecule has 0 bridgehead atoms.